The Morgan fingerprint density at radius 3 is 2.26 bits per heavy atom. The largest absolute Gasteiger partial charge is 0.369 e. The van der Waals surface area contributed by atoms with E-state index in [9.17, 15) is 9.00 Å². The van der Waals surface area contributed by atoms with Gasteiger partial charge in [0.2, 0.25) is 0 Å². The van der Waals surface area contributed by atoms with Crippen molar-refractivity contribution in [2.75, 3.05) is 16.8 Å². The molecule has 0 saturated carbocycles. The number of nitrogens with one attached hydrogen (secondary N) is 3. The highest BCUT2D eigenvalue weighted by Gasteiger charge is 2.26. The number of urea groups is 1. The van der Waals surface area contributed by atoms with Crippen molar-refractivity contribution >= 4 is 27.3 Å². The molecule has 2 aromatic rings. The van der Waals surface area contributed by atoms with Gasteiger partial charge in [0.15, 0.2) is 9.92 Å². The van der Waals surface area contributed by atoms with Crippen LogP contribution in [-0.2, 0) is 35.6 Å². The van der Waals surface area contributed by atoms with Crippen LogP contribution in [0, 0.1) is 4.78 Å². The van der Waals surface area contributed by atoms with E-state index in [1.165, 1.54) is 35.1 Å². The van der Waals surface area contributed by atoms with Gasteiger partial charge in [-0.15, -0.1) is 0 Å². The monoisotopic (exact) mass is 438 g/mol. The Balaban J connectivity index is 1.33. The molecule has 2 amide bonds. The van der Waals surface area contributed by atoms with E-state index in [4.69, 9.17) is 4.78 Å². The number of hydrogen-bond donors (Lipinski definition) is 3. The van der Waals surface area contributed by atoms with Gasteiger partial charge in [0.25, 0.3) is 0 Å². The molecular formula is C24H30N4O2S. The smallest absolute Gasteiger partial charge is 0.331 e. The van der Waals surface area contributed by atoms with Crippen molar-refractivity contribution in [1.82, 2.24) is 4.72 Å². The van der Waals surface area contributed by atoms with Gasteiger partial charge in [0.05, 0.1) is 4.90 Å². The molecule has 3 N–H and O–H groups in total. The third-order valence-corrected chi connectivity index (χ3v) is 8.41. The lowest BCUT2D eigenvalue weighted by Crippen LogP contribution is -2.34. The first kappa shape index (κ1) is 20.4. The van der Waals surface area contributed by atoms with E-state index in [1.54, 1.807) is 12.1 Å². The van der Waals surface area contributed by atoms with Crippen molar-refractivity contribution in [1.29, 1.82) is 4.78 Å². The van der Waals surface area contributed by atoms with Crippen LogP contribution in [-0.4, -0.2) is 22.8 Å². The van der Waals surface area contributed by atoms with Gasteiger partial charge >= 0.3 is 6.03 Å². The van der Waals surface area contributed by atoms with Crippen LogP contribution in [0.15, 0.2) is 35.2 Å². The summed E-state index contributed by atoms with van der Waals surface area (Å²) in [6, 6.07) is 9.45. The summed E-state index contributed by atoms with van der Waals surface area (Å²) in [5.74, 6) is 0. The molecule has 5 rings (SSSR count). The maximum absolute atomic E-state index is 13.0. The second-order valence-corrected chi connectivity index (χ2v) is 10.8. The van der Waals surface area contributed by atoms with E-state index < -0.39 is 15.9 Å². The molecule has 0 aromatic heterocycles. The summed E-state index contributed by atoms with van der Waals surface area (Å²) in [5.41, 5.74) is 7.06. The zero-order chi connectivity index (χ0) is 21.6. The molecule has 2 atom stereocenters. The predicted octanol–water partition coefficient (Wildman–Crippen LogP) is 4.80. The normalized spacial score (nSPS) is 21.5. The highest BCUT2D eigenvalue weighted by Crippen LogP contribution is 2.38. The van der Waals surface area contributed by atoms with Gasteiger partial charge in [-0.3, -0.25) is 0 Å². The molecule has 2 aliphatic carbocycles. The summed E-state index contributed by atoms with van der Waals surface area (Å²) in [7, 11) is -3.44. The van der Waals surface area contributed by atoms with E-state index in [-0.39, 0.29) is 0 Å². The molecule has 2 aromatic carbocycles. The standard InChI is InChI=1S/C24H30N4O2S/c1-16-5-4-14-28(16)19-10-12-20(13-11-19)31(25,30)27-24(29)26-23-21-8-2-6-17(21)15-18-7-3-9-22(18)23/h10-13,15-16H,2-9,14H2,1H3,(H3,25,26,27,29,30). The average Bonchev–Trinajstić information content (AvgIpc) is 3.48. The third kappa shape index (κ3) is 3.80. The van der Waals surface area contributed by atoms with Crippen LogP contribution in [0.1, 0.15) is 54.9 Å². The topological polar surface area (TPSA) is 85.3 Å². The number of hydrogen-bond acceptors (Lipinski definition) is 4. The molecular weight excluding hydrogens is 408 g/mol. The molecule has 6 nitrogen and oxygen atoms in total. The Hall–Kier alpha value is -2.54. The van der Waals surface area contributed by atoms with Crippen LogP contribution < -0.4 is 14.9 Å². The summed E-state index contributed by atoms with van der Waals surface area (Å²) in [5, 5.41) is 2.97. The summed E-state index contributed by atoms with van der Waals surface area (Å²) < 4.78 is 23.8. The maximum Gasteiger partial charge on any atom is 0.331 e. The van der Waals surface area contributed by atoms with Gasteiger partial charge in [-0.05, 0) is 105 Å². The molecule has 0 spiro atoms. The molecule has 1 fully saturated rings. The van der Waals surface area contributed by atoms with Gasteiger partial charge in [-0.1, -0.05) is 6.07 Å². The Kier molecular flexibility index (Phi) is 5.16. The molecule has 2 unspecified atom stereocenters. The minimum atomic E-state index is -3.44. The van der Waals surface area contributed by atoms with Gasteiger partial charge < -0.3 is 10.2 Å². The molecule has 1 saturated heterocycles. The van der Waals surface area contributed by atoms with Crippen LogP contribution in [0.25, 0.3) is 0 Å². The Bertz CT molecular complexity index is 1090. The highest BCUT2D eigenvalue weighted by molar-refractivity contribution is 7.91. The number of fused-ring (bicyclic) bond motifs is 2. The van der Waals surface area contributed by atoms with Gasteiger partial charge in [-0.2, -0.15) is 0 Å². The number of carbonyl (C=O) groups is 1. The first-order valence-electron chi connectivity index (χ1n) is 11.3. The van der Waals surface area contributed by atoms with Crippen molar-refractivity contribution in [3.05, 3.63) is 52.6 Å². The minimum absolute atomic E-state index is 0.321. The molecule has 3 aliphatic rings. The highest BCUT2D eigenvalue weighted by atomic mass is 32.2. The number of amides is 2. The van der Waals surface area contributed by atoms with Crippen LogP contribution in [0.3, 0.4) is 0 Å². The zero-order valence-electron chi connectivity index (χ0n) is 18.0. The number of anilines is 2. The SMILES string of the molecule is CC1CCCN1c1ccc(S(=N)(=O)NC(=O)Nc2c3c(cc4c2CCC4)CCC3)cc1. The van der Waals surface area contributed by atoms with Gasteiger partial charge in [0.1, 0.15) is 0 Å². The summed E-state index contributed by atoms with van der Waals surface area (Å²) in [6.07, 6.45) is 8.58. The number of nitrogens with zero attached hydrogens (tertiary/aromatic N) is 1. The fourth-order valence-corrected chi connectivity index (χ4v) is 6.39. The fraction of sp³-hybridized carbons (Fsp3) is 0.458. The lowest BCUT2D eigenvalue weighted by molar-refractivity contribution is 0.256. The zero-order valence-corrected chi connectivity index (χ0v) is 18.8. The number of benzene rings is 2. The van der Waals surface area contributed by atoms with Crippen LogP contribution in [0.5, 0.6) is 0 Å². The second kappa shape index (κ2) is 7.86. The lowest BCUT2D eigenvalue weighted by atomic mass is 9.99. The van der Waals surface area contributed by atoms with Crippen molar-refractivity contribution in [3.8, 4) is 0 Å². The number of carbonyl (C=O) groups excluding carboxylic acids is 1. The maximum atomic E-state index is 13.0. The minimum Gasteiger partial charge on any atom is -0.369 e. The Morgan fingerprint density at radius 2 is 1.68 bits per heavy atom. The first-order chi connectivity index (χ1) is 14.9. The van der Waals surface area contributed by atoms with Crippen LogP contribution in [0.2, 0.25) is 0 Å². The quantitative estimate of drug-likeness (QED) is 0.641. The van der Waals surface area contributed by atoms with Gasteiger partial charge in [-0.25, -0.2) is 18.5 Å². The van der Waals surface area contributed by atoms with Crippen LogP contribution >= 0.6 is 0 Å². The summed E-state index contributed by atoms with van der Waals surface area (Å²) in [4.78, 5) is 15.4. The Morgan fingerprint density at radius 1 is 1.03 bits per heavy atom. The third-order valence-electron chi connectivity index (χ3n) is 7.00. The summed E-state index contributed by atoms with van der Waals surface area (Å²) in [6.45, 7) is 3.22. The van der Waals surface area contributed by atoms with Crippen molar-refractivity contribution in [2.24, 2.45) is 0 Å². The van der Waals surface area contributed by atoms with E-state index >= 15 is 0 Å². The van der Waals surface area contributed by atoms with E-state index in [0.717, 1.165) is 56.4 Å². The molecule has 0 radical (unpaired) electrons. The van der Waals surface area contributed by atoms with E-state index in [2.05, 4.69) is 27.9 Å². The molecule has 164 valence electrons. The van der Waals surface area contributed by atoms with Crippen molar-refractivity contribution < 1.29 is 9.00 Å². The summed E-state index contributed by atoms with van der Waals surface area (Å²) >= 11 is 0. The molecule has 7 heteroatoms. The Labute approximate surface area is 184 Å². The van der Waals surface area contributed by atoms with Gasteiger partial charge in [0, 0.05) is 24.0 Å². The van der Waals surface area contributed by atoms with E-state index in [1.807, 2.05) is 12.1 Å². The molecule has 1 aliphatic heterocycles. The lowest BCUT2D eigenvalue weighted by Gasteiger charge is -2.24. The molecule has 0 bridgehead atoms. The first-order valence-corrected chi connectivity index (χ1v) is 12.9. The molecule has 31 heavy (non-hydrogen) atoms. The van der Waals surface area contributed by atoms with Crippen molar-refractivity contribution in [3.63, 3.8) is 0 Å². The predicted molar refractivity (Wildman–Crippen MR) is 124 cm³/mol. The average molecular weight is 439 g/mol. The van der Waals surface area contributed by atoms with Crippen LogP contribution in [0.4, 0.5) is 16.2 Å². The number of aryl methyl sites for hydroxylation is 2. The second-order valence-electron chi connectivity index (χ2n) is 9.02. The fourth-order valence-electron chi connectivity index (χ4n) is 5.44. The van der Waals surface area contributed by atoms with Crippen molar-refractivity contribution in [2.45, 2.75) is 69.2 Å². The molecule has 1 heterocycles. The van der Waals surface area contributed by atoms with E-state index in [0.29, 0.717) is 10.9 Å². The number of rotatable bonds is 4.